The van der Waals surface area contributed by atoms with E-state index in [0.29, 0.717) is 11.6 Å². The molecule has 3 aromatic rings. The molecule has 0 bridgehead atoms. The lowest BCUT2D eigenvalue weighted by atomic mass is 10.2. The van der Waals surface area contributed by atoms with Crippen molar-refractivity contribution in [2.24, 2.45) is 0 Å². The molecule has 144 valence electrons. The number of ether oxygens (including phenoxy) is 1. The van der Waals surface area contributed by atoms with Gasteiger partial charge in [-0.05, 0) is 38.1 Å². The van der Waals surface area contributed by atoms with E-state index in [-0.39, 0.29) is 29.9 Å². The second-order valence-corrected chi connectivity index (χ2v) is 6.24. The zero-order valence-electron chi connectivity index (χ0n) is 15.4. The number of rotatable bonds is 7. The van der Waals surface area contributed by atoms with Crippen LogP contribution in [0.4, 0.5) is 5.69 Å². The predicted molar refractivity (Wildman–Crippen MR) is 101 cm³/mol. The standard InChI is InChI=1S/C19H19N5O4/c1-13(2)28-19-14(4-3-10-20-19)12-21-18(25)17-9-11-23(22-17)15-5-7-16(8-6-15)24(26)27/h3-11,13H,12H2,1-2H3,(H,21,25). The second-order valence-electron chi connectivity index (χ2n) is 6.24. The van der Waals surface area contributed by atoms with E-state index in [1.807, 2.05) is 19.9 Å². The van der Waals surface area contributed by atoms with Crippen LogP contribution < -0.4 is 10.1 Å². The van der Waals surface area contributed by atoms with Crippen molar-refractivity contribution in [2.75, 3.05) is 0 Å². The molecule has 0 unspecified atom stereocenters. The van der Waals surface area contributed by atoms with Crippen LogP contribution in [-0.2, 0) is 6.54 Å². The third-order valence-corrected chi connectivity index (χ3v) is 3.78. The van der Waals surface area contributed by atoms with Gasteiger partial charge in [-0.1, -0.05) is 6.07 Å². The number of hydrogen-bond donors (Lipinski definition) is 1. The number of aromatic nitrogens is 3. The van der Waals surface area contributed by atoms with E-state index < -0.39 is 4.92 Å². The minimum atomic E-state index is -0.471. The monoisotopic (exact) mass is 381 g/mol. The zero-order valence-corrected chi connectivity index (χ0v) is 15.4. The van der Waals surface area contributed by atoms with Crippen molar-refractivity contribution in [2.45, 2.75) is 26.5 Å². The molecule has 0 saturated heterocycles. The van der Waals surface area contributed by atoms with Gasteiger partial charge in [0.25, 0.3) is 11.6 Å². The maximum absolute atomic E-state index is 12.4. The van der Waals surface area contributed by atoms with Crippen LogP contribution in [0.5, 0.6) is 5.88 Å². The van der Waals surface area contributed by atoms with Gasteiger partial charge >= 0.3 is 0 Å². The minimum Gasteiger partial charge on any atom is -0.475 e. The molecular formula is C19H19N5O4. The normalized spacial score (nSPS) is 10.7. The topological polar surface area (TPSA) is 112 Å². The van der Waals surface area contributed by atoms with E-state index >= 15 is 0 Å². The first-order chi connectivity index (χ1) is 13.4. The molecule has 0 aliphatic rings. The number of nitro benzene ring substituents is 1. The molecule has 0 fully saturated rings. The number of nitro groups is 1. The summed E-state index contributed by atoms with van der Waals surface area (Å²) in [6.45, 7) is 4.06. The first kappa shape index (κ1) is 19.0. The molecule has 0 atom stereocenters. The molecule has 0 aliphatic carbocycles. The largest absolute Gasteiger partial charge is 0.475 e. The fourth-order valence-corrected chi connectivity index (χ4v) is 2.47. The Morgan fingerprint density at radius 1 is 1.25 bits per heavy atom. The molecule has 0 aliphatic heterocycles. The molecule has 9 nitrogen and oxygen atoms in total. The highest BCUT2D eigenvalue weighted by Crippen LogP contribution is 2.17. The van der Waals surface area contributed by atoms with Gasteiger partial charge in [0, 0.05) is 36.6 Å². The van der Waals surface area contributed by atoms with Gasteiger partial charge in [0.2, 0.25) is 5.88 Å². The smallest absolute Gasteiger partial charge is 0.272 e. The number of pyridine rings is 1. The van der Waals surface area contributed by atoms with E-state index in [0.717, 1.165) is 5.56 Å². The van der Waals surface area contributed by atoms with Crippen LogP contribution in [0, 0.1) is 10.1 Å². The third kappa shape index (κ3) is 4.50. The van der Waals surface area contributed by atoms with Crippen molar-refractivity contribution in [3.63, 3.8) is 0 Å². The average Bonchev–Trinajstić information content (AvgIpc) is 3.17. The van der Waals surface area contributed by atoms with Gasteiger partial charge in [0.05, 0.1) is 16.7 Å². The molecule has 0 saturated carbocycles. The summed E-state index contributed by atoms with van der Waals surface area (Å²) in [5.41, 5.74) is 1.60. The Hall–Kier alpha value is -3.75. The minimum absolute atomic E-state index is 0.00948. The molecular weight excluding hydrogens is 362 g/mol. The second kappa shape index (κ2) is 8.30. The van der Waals surface area contributed by atoms with Crippen molar-refractivity contribution >= 4 is 11.6 Å². The highest BCUT2D eigenvalue weighted by atomic mass is 16.6. The molecule has 0 spiro atoms. The van der Waals surface area contributed by atoms with Crippen LogP contribution in [0.1, 0.15) is 29.9 Å². The van der Waals surface area contributed by atoms with E-state index in [1.165, 1.54) is 16.8 Å². The highest BCUT2D eigenvalue weighted by Gasteiger charge is 2.13. The molecule has 1 amide bonds. The summed E-state index contributed by atoms with van der Waals surface area (Å²) in [6.07, 6.45) is 3.23. The van der Waals surface area contributed by atoms with Crippen LogP contribution in [-0.4, -0.2) is 31.7 Å². The summed E-state index contributed by atoms with van der Waals surface area (Å²) in [5, 5.41) is 17.8. The molecule has 2 heterocycles. The Morgan fingerprint density at radius 3 is 2.68 bits per heavy atom. The van der Waals surface area contributed by atoms with Gasteiger partial charge in [0.1, 0.15) is 0 Å². The van der Waals surface area contributed by atoms with Crippen molar-refractivity contribution in [1.29, 1.82) is 0 Å². The van der Waals surface area contributed by atoms with E-state index in [1.54, 1.807) is 36.7 Å². The zero-order chi connectivity index (χ0) is 20.1. The molecule has 28 heavy (non-hydrogen) atoms. The summed E-state index contributed by atoms with van der Waals surface area (Å²) in [7, 11) is 0. The lowest BCUT2D eigenvalue weighted by Gasteiger charge is -2.13. The lowest BCUT2D eigenvalue weighted by molar-refractivity contribution is -0.384. The maximum Gasteiger partial charge on any atom is 0.272 e. The van der Waals surface area contributed by atoms with E-state index in [4.69, 9.17) is 4.74 Å². The Morgan fingerprint density at radius 2 is 2.00 bits per heavy atom. The number of carbonyl (C=O) groups is 1. The Labute approximate surface area is 161 Å². The molecule has 9 heteroatoms. The predicted octanol–water partition coefficient (Wildman–Crippen LogP) is 2.89. The molecule has 2 aromatic heterocycles. The fourth-order valence-electron chi connectivity index (χ4n) is 2.47. The third-order valence-electron chi connectivity index (χ3n) is 3.78. The van der Waals surface area contributed by atoms with Gasteiger partial charge < -0.3 is 10.1 Å². The van der Waals surface area contributed by atoms with Crippen molar-refractivity contribution in [1.82, 2.24) is 20.1 Å². The molecule has 3 rings (SSSR count). The quantitative estimate of drug-likeness (QED) is 0.497. The summed E-state index contributed by atoms with van der Waals surface area (Å²) in [5.74, 6) is 0.134. The Bertz CT molecular complexity index is 982. The molecule has 0 radical (unpaired) electrons. The van der Waals surface area contributed by atoms with Gasteiger partial charge in [-0.25, -0.2) is 9.67 Å². The van der Waals surface area contributed by atoms with Crippen molar-refractivity contribution in [3.05, 3.63) is 76.2 Å². The van der Waals surface area contributed by atoms with Crippen LogP contribution in [0.3, 0.4) is 0 Å². The van der Waals surface area contributed by atoms with E-state index in [2.05, 4.69) is 15.4 Å². The number of hydrogen-bond acceptors (Lipinski definition) is 6. The number of amides is 1. The summed E-state index contributed by atoms with van der Waals surface area (Å²) >= 11 is 0. The van der Waals surface area contributed by atoms with Gasteiger partial charge in [0.15, 0.2) is 5.69 Å². The molecule has 1 N–H and O–H groups in total. The Kier molecular flexibility index (Phi) is 5.64. The van der Waals surface area contributed by atoms with Crippen molar-refractivity contribution < 1.29 is 14.5 Å². The number of nitrogens with zero attached hydrogens (tertiary/aromatic N) is 4. The van der Waals surface area contributed by atoms with Crippen LogP contribution >= 0.6 is 0 Å². The average molecular weight is 381 g/mol. The van der Waals surface area contributed by atoms with Gasteiger partial charge in [-0.2, -0.15) is 5.10 Å². The summed E-state index contributed by atoms with van der Waals surface area (Å²) in [6, 6.07) is 11.1. The molecule has 1 aromatic carbocycles. The lowest BCUT2D eigenvalue weighted by Crippen LogP contribution is -2.24. The number of non-ortho nitro benzene ring substituents is 1. The van der Waals surface area contributed by atoms with E-state index in [9.17, 15) is 14.9 Å². The first-order valence-corrected chi connectivity index (χ1v) is 8.63. The first-order valence-electron chi connectivity index (χ1n) is 8.63. The summed E-state index contributed by atoms with van der Waals surface area (Å²) in [4.78, 5) is 26.9. The van der Waals surface area contributed by atoms with Crippen LogP contribution in [0.15, 0.2) is 54.9 Å². The van der Waals surface area contributed by atoms with Crippen LogP contribution in [0.25, 0.3) is 5.69 Å². The van der Waals surface area contributed by atoms with Gasteiger partial charge in [-0.15, -0.1) is 0 Å². The number of nitrogens with one attached hydrogen (secondary N) is 1. The Balaban J connectivity index is 1.67. The SMILES string of the molecule is CC(C)Oc1ncccc1CNC(=O)c1ccn(-c2ccc([N+](=O)[O-])cc2)n1. The van der Waals surface area contributed by atoms with Gasteiger partial charge in [-0.3, -0.25) is 14.9 Å². The highest BCUT2D eigenvalue weighted by molar-refractivity contribution is 5.92. The van der Waals surface area contributed by atoms with Crippen LogP contribution in [0.2, 0.25) is 0 Å². The van der Waals surface area contributed by atoms with Crippen molar-refractivity contribution in [3.8, 4) is 11.6 Å². The maximum atomic E-state index is 12.4. The number of carbonyl (C=O) groups excluding carboxylic acids is 1. The fraction of sp³-hybridized carbons (Fsp3) is 0.211. The number of benzene rings is 1. The summed E-state index contributed by atoms with van der Waals surface area (Å²) < 4.78 is 7.12.